The minimum absolute atomic E-state index is 0.0623. The van der Waals surface area contributed by atoms with E-state index in [0.29, 0.717) is 24.5 Å². The van der Waals surface area contributed by atoms with E-state index in [1.165, 1.54) is 0 Å². The first kappa shape index (κ1) is 15.2. The Morgan fingerprint density at radius 1 is 1.33 bits per heavy atom. The lowest BCUT2D eigenvalue weighted by Crippen LogP contribution is -2.45. The first-order valence-corrected chi connectivity index (χ1v) is 6.96. The number of hydrogen-bond acceptors (Lipinski definition) is 4. The maximum Gasteiger partial charge on any atom is 0.255 e. The summed E-state index contributed by atoms with van der Waals surface area (Å²) < 4.78 is 5.54. The van der Waals surface area contributed by atoms with Gasteiger partial charge in [0.2, 0.25) is 5.91 Å². The van der Waals surface area contributed by atoms with Crippen LogP contribution in [0.15, 0.2) is 18.2 Å². The summed E-state index contributed by atoms with van der Waals surface area (Å²) >= 11 is 0. The Morgan fingerprint density at radius 2 is 2.10 bits per heavy atom. The molecule has 0 fully saturated rings. The van der Waals surface area contributed by atoms with Crippen LogP contribution in [0.25, 0.3) is 0 Å². The minimum Gasteiger partial charge on any atom is -0.489 e. The minimum atomic E-state index is -0.320. The van der Waals surface area contributed by atoms with Crippen molar-refractivity contribution in [2.75, 3.05) is 25.0 Å². The monoisotopic (exact) mass is 291 g/mol. The number of nitrogens with one attached hydrogen (secondary N) is 3. The van der Waals surface area contributed by atoms with E-state index in [-0.39, 0.29) is 23.9 Å². The second-order valence-corrected chi connectivity index (χ2v) is 5.94. The summed E-state index contributed by atoms with van der Waals surface area (Å²) in [7, 11) is 0. The first-order valence-electron chi connectivity index (χ1n) is 6.96. The molecule has 1 heterocycles. The molecule has 3 N–H and O–H groups in total. The molecule has 0 aromatic heterocycles. The van der Waals surface area contributed by atoms with E-state index in [2.05, 4.69) is 16.0 Å². The van der Waals surface area contributed by atoms with Crippen molar-refractivity contribution in [1.29, 1.82) is 0 Å². The van der Waals surface area contributed by atoms with Crippen LogP contribution in [-0.4, -0.2) is 37.0 Å². The largest absolute Gasteiger partial charge is 0.489 e. The molecule has 1 aromatic carbocycles. The van der Waals surface area contributed by atoms with Gasteiger partial charge in [-0.05, 0) is 32.9 Å². The van der Waals surface area contributed by atoms with Crippen molar-refractivity contribution in [2.45, 2.75) is 26.3 Å². The number of ether oxygens (including phenoxy) is 1. The van der Waals surface area contributed by atoms with Crippen LogP contribution >= 0.6 is 0 Å². The zero-order valence-electron chi connectivity index (χ0n) is 12.6. The van der Waals surface area contributed by atoms with Gasteiger partial charge in [-0.1, -0.05) is 6.07 Å². The SMILES string of the molecule is CC(C)(C)NC(=O)CNC(=O)c1cccc2c1OCCN2. The summed E-state index contributed by atoms with van der Waals surface area (Å²) in [5.41, 5.74) is 0.914. The fraction of sp³-hybridized carbons (Fsp3) is 0.467. The maximum absolute atomic E-state index is 12.2. The van der Waals surface area contributed by atoms with Gasteiger partial charge in [0.1, 0.15) is 6.61 Å². The molecule has 1 aromatic rings. The van der Waals surface area contributed by atoms with Gasteiger partial charge >= 0.3 is 0 Å². The zero-order valence-corrected chi connectivity index (χ0v) is 12.6. The van der Waals surface area contributed by atoms with Gasteiger partial charge in [0.25, 0.3) is 5.91 Å². The highest BCUT2D eigenvalue weighted by atomic mass is 16.5. The number of carbonyl (C=O) groups is 2. The van der Waals surface area contributed by atoms with Crippen molar-refractivity contribution in [3.63, 3.8) is 0 Å². The van der Waals surface area contributed by atoms with Gasteiger partial charge in [0.15, 0.2) is 5.75 Å². The molecule has 2 amide bonds. The summed E-state index contributed by atoms with van der Waals surface area (Å²) in [5, 5.41) is 8.57. The highest BCUT2D eigenvalue weighted by Crippen LogP contribution is 2.30. The van der Waals surface area contributed by atoms with Crippen molar-refractivity contribution in [3.05, 3.63) is 23.8 Å². The molecular formula is C15H21N3O3. The third kappa shape index (κ3) is 4.11. The third-order valence-corrected chi connectivity index (χ3v) is 2.85. The molecule has 0 spiro atoms. The van der Waals surface area contributed by atoms with Crippen molar-refractivity contribution in [3.8, 4) is 5.75 Å². The van der Waals surface area contributed by atoms with Gasteiger partial charge in [-0.25, -0.2) is 0 Å². The number of carbonyl (C=O) groups excluding carboxylic acids is 2. The van der Waals surface area contributed by atoms with Crippen LogP contribution in [0.4, 0.5) is 5.69 Å². The molecule has 0 bridgehead atoms. The molecule has 1 aliphatic rings. The molecule has 0 aliphatic carbocycles. The number of rotatable bonds is 3. The summed E-state index contributed by atoms with van der Waals surface area (Å²) in [4.78, 5) is 23.9. The normalized spacial score (nSPS) is 13.5. The fourth-order valence-electron chi connectivity index (χ4n) is 2.07. The van der Waals surface area contributed by atoms with Crippen molar-refractivity contribution in [2.24, 2.45) is 0 Å². The maximum atomic E-state index is 12.2. The molecule has 0 unspecified atom stereocenters. The summed E-state index contributed by atoms with van der Waals surface area (Å²) in [6, 6.07) is 5.32. The highest BCUT2D eigenvalue weighted by molar-refractivity contribution is 6.00. The molecule has 6 nitrogen and oxygen atoms in total. The van der Waals surface area contributed by atoms with Crippen molar-refractivity contribution < 1.29 is 14.3 Å². The lowest BCUT2D eigenvalue weighted by atomic mass is 10.1. The quantitative estimate of drug-likeness (QED) is 0.780. The summed E-state index contributed by atoms with van der Waals surface area (Å²) in [6.45, 7) is 6.83. The molecular weight excluding hydrogens is 270 g/mol. The number of anilines is 1. The smallest absolute Gasteiger partial charge is 0.255 e. The Kier molecular flexibility index (Phi) is 4.35. The fourth-order valence-corrected chi connectivity index (χ4v) is 2.07. The summed E-state index contributed by atoms with van der Waals surface area (Å²) in [5.74, 6) is -0.00298. The Labute approximate surface area is 124 Å². The van der Waals surface area contributed by atoms with Gasteiger partial charge < -0.3 is 20.7 Å². The predicted molar refractivity (Wildman–Crippen MR) is 80.7 cm³/mol. The van der Waals surface area contributed by atoms with Crippen LogP contribution in [0.2, 0.25) is 0 Å². The Morgan fingerprint density at radius 3 is 2.81 bits per heavy atom. The third-order valence-electron chi connectivity index (χ3n) is 2.85. The van der Waals surface area contributed by atoms with Crippen LogP contribution in [0.1, 0.15) is 31.1 Å². The molecule has 1 aliphatic heterocycles. The van der Waals surface area contributed by atoms with E-state index in [0.717, 1.165) is 5.69 Å². The average molecular weight is 291 g/mol. The topological polar surface area (TPSA) is 79.5 Å². The Bertz CT molecular complexity index is 550. The lowest BCUT2D eigenvalue weighted by Gasteiger charge is -2.22. The number of amides is 2. The van der Waals surface area contributed by atoms with E-state index in [1.807, 2.05) is 26.8 Å². The van der Waals surface area contributed by atoms with Crippen LogP contribution in [0.5, 0.6) is 5.75 Å². The van der Waals surface area contributed by atoms with Crippen molar-refractivity contribution in [1.82, 2.24) is 10.6 Å². The van der Waals surface area contributed by atoms with Gasteiger partial charge in [0.05, 0.1) is 17.8 Å². The average Bonchev–Trinajstić information content (AvgIpc) is 2.42. The van der Waals surface area contributed by atoms with Gasteiger partial charge in [-0.3, -0.25) is 9.59 Å². The molecule has 0 saturated carbocycles. The van der Waals surface area contributed by atoms with Gasteiger partial charge in [-0.2, -0.15) is 0 Å². The number of benzene rings is 1. The molecule has 6 heteroatoms. The first-order chi connectivity index (χ1) is 9.87. The van der Waals surface area contributed by atoms with Crippen LogP contribution < -0.4 is 20.7 Å². The van der Waals surface area contributed by atoms with E-state index in [9.17, 15) is 9.59 Å². The lowest BCUT2D eigenvalue weighted by molar-refractivity contribution is -0.121. The Hall–Kier alpha value is -2.24. The number of fused-ring (bicyclic) bond motifs is 1. The van der Waals surface area contributed by atoms with E-state index >= 15 is 0 Å². The molecule has 21 heavy (non-hydrogen) atoms. The van der Waals surface area contributed by atoms with Crippen LogP contribution in [-0.2, 0) is 4.79 Å². The highest BCUT2D eigenvalue weighted by Gasteiger charge is 2.20. The van der Waals surface area contributed by atoms with Crippen LogP contribution in [0, 0.1) is 0 Å². The molecule has 0 saturated heterocycles. The molecule has 114 valence electrons. The second kappa shape index (κ2) is 6.03. The molecule has 0 radical (unpaired) electrons. The van der Waals surface area contributed by atoms with Gasteiger partial charge in [-0.15, -0.1) is 0 Å². The summed E-state index contributed by atoms with van der Waals surface area (Å²) in [6.07, 6.45) is 0. The molecule has 0 atom stereocenters. The molecule has 2 rings (SSSR count). The number of para-hydroxylation sites is 1. The van der Waals surface area contributed by atoms with Gasteiger partial charge in [0, 0.05) is 12.1 Å². The van der Waals surface area contributed by atoms with E-state index in [4.69, 9.17) is 4.74 Å². The second-order valence-electron chi connectivity index (χ2n) is 5.94. The van der Waals surface area contributed by atoms with E-state index < -0.39 is 0 Å². The van der Waals surface area contributed by atoms with Crippen molar-refractivity contribution >= 4 is 17.5 Å². The standard InChI is InChI=1S/C15H21N3O3/c1-15(2,3)18-12(19)9-17-14(20)10-5-4-6-11-13(10)21-8-7-16-11/h4-6,16H,7-9H2,1-3H3,(H,17,20)(H,18,19). The predicted octanol–water partition coefficient (Wildman–Crippen LogP) is 1.14. The van der Waals surface area contributed by atoms with Crippen LogP contribution in [0.3, 0.4) is 0 Å². The number of hydrogen-bond donors (Lipinski definition) is 3. The zero-order chi connectivity index (χ0) is 15.5. The Balaban J connectivity index is 2.00. The van der Waals surface area contributed by atoms with E-state index in [1.54, 1.807) is 12.1 Å².